The zero-order valence-corrected chi connectivity index (χ0v) is 12.7. The van der Waals surface area contributed by atoms with Gasteiger partial charge in [0.2, 0.25) is 0 Å². The van der Waals surface area contributed by atoms with E-state index >= 15 is 0 Å². The highest BCUT2D eigenvalue weighted by Gasteiger charge is 2.11. The van der Waals surface area contributed by atoms with Gasteiger partial charge in [0, 0.05) is 16.6 Å². The van der Waals surface area contributed by atoms with E-state index in [0.29, 0.717) is 24.9 Å². The van der Waals surface area contributed by atoms with Gasteiger partial charge in [0.15, 0.2) is 0 Å². The molecule has 1 aromatic rings. The van der Waals surface area contributed by atoms with Gasteiger partial charge in [0.1, 0.15) is 0 Å². The molecule has 0 heterocycles. The summed E-state index contributed by atoms with van der Waals surface area (Å²) in [6.45, 7) is 6.30. The molecule has 0 radical (unpaired) electrons. The maximum Gasteiger partial charge on any atom is 0.251 e. The average molecular weight is 314 g/mol. The minimum absolute atomic E-state index is 0.0774. The molecule has 0 spiro atoms. The first-order chi connectivity index (χ1) is 8.45. The van der Waals surface area contributed by atoms with Crippen LogP contribution in [0.1, 0.15) is 41.3 Å². The van der Waals surface area contributed by atoms with Crippen LogP contribution in [0.25, 0.3) is 0 Å². The largest absolute Gasteiger partial charge is 0.393 e. The number of amides is 1. The van der Waals surface area contributed by atoms with Crippen molar-refractivity contribution in [1.29, 1.82) is 0 Å². The van der Waals surface area contributed by atoms with Crippen molar-refractivity contribution in [2.75, 3.05) is 6.54 Å². The normalized spacial score (nSPS) is 12.3. The Balaban J connectivity index is 2.64. The average Bonchev–Trinajstić information content (AvgIpc) is 2.33. The maximum atomic E-state index is 12.0. The van der Waals surface area contributed by atoms with Crippen LogP contribution in [0.3, 0.4) is 0 Å². The van der Waals surface area contributed by atoms with E-state index in [0.717, 1.165) is 15.6 Å². The number of benzene rings is 1. The molecule has 1 aromatic carbocycles. The van der Waals surface area contributed by atoms with Crippen LogP contribution in [0.15, 0.2) is 16.6 Å². The van der Waals surface area contributed by atoms with Gasteiger partial charge < -0.3 is 10.4 Å². The van der Waals surface area contributed by atoms with Crippen molar-refractivity contribution in [3.63, 3.8) is 0 Å². The Morgan fingerprint density at radius 2 is 2.06 bits per heavy atom. The van der Waals surface area contributed by atoms with Gasteiger partial charge in [-0.2, -0.15) is 0 Å². The van der Waals surface area contributed by atoms with Crippen LogP contribution in [0, 0.1) is 13.8 Å². The van der Waals surface area contributed by atoms with Gasteiger partial charge in [-0.25, -0.2) is 0 Å². The van der Waals surface area contributed by atoms with Gasteiger partial charge >= 0.3 is 0 Å². The molecule has 0 aliphatic heterocycles. The van der Waals surface area contributed by atoms with E-state index in [-0.39, 0.29) is 12.0 Å². The lowest BCUT2D eigenvalue weighted by Gasteiger charge is -2.11. The number of aryl methyl sites for hydroxylation is 2. The molecule has 0 aromatic heterocycles. The standard InChI is InChI=1S/C14H20BrNO2/c1-4-11(17)5-6-16-14(18)12-7-10(3)13(15)8-9(12)2/h7-8,11,17H,4-6H2,1-3H3,(H,16,18). The lowest BCUT2D eigenvalue weighted by Crippen LogP contribution is -2.27. The Labute approximate surface area is 117 Å². The number of hydrogen-bond donors (Lipinski definition) is 2. The smallest absolute Gasteiger partial charge is 0.251 e. The van der Waals surface area contributed by atoms with Crippen LogP contribution in [-0.2, 0) is 0 Å². The molecule has 0 saturated heterocycles. The molecule has 1 atom stereocenters. The number of halogens is 1. The Morgan fingerprint density at radius 3 is 2.67 bits per heavy atom. The second-order valence-electron chi connectivity index (χ2n) is 4.52. The van der Waals surface area contributed by atoms with Gasteiger partial charge in [0.05, 0.1) is 6.10 Å². The lowest BCUT2D eigenvalue weighted by atomic mass is 10.0. The minimum Gasteiger partial charge on any atom is -0.393 e. The highest BCUT2D eigenvalue weighted by Crippen LogP contribution is 2.20. The molecule has 0 fully saturated rings. The Kier molecular flexibility index (Phi) is 5.82. The van der Waals surface area contributed by atoms with E-state index in [9.17, 15) is 9.90 Å². The van der Waals surface area contributed by atoms with Gasteiger partial charge in [0.25, 0.3) is 5.91 Å². The molecule has 3 nitrogen and oxygen atoms in total. The van der Waals surface area contributed by atoms with E-state index in [1.54, 1.807) is 0 Å². The van der Waals surface area contributed by atoms with Gasteiger partial charge in [-0.1, -0.05) is 22.9 Å². The van der Waals surface area contributed by atoms with Crippen molar-refractivity contribution in [1.82, 2.24) is 5.32 Å². The first-order valence-corrected chi connectivity index (χ1v) is 6.98. The van der Waals surface area contributed by atoms with Crippen LogP contribution in [0.5, 0.6) is 0 Å². The third-order valence-electron chi connectivity index (χ3n) is 2.98. The monoisotopic (exact) mass is 313 g/mol. The molecule has 1 unspecified atom stereocenters. The van der Waals surface area contributed by atoms with Crippen molar-refractivity contribution in [2.45, 2.75) is 39.7 Å². The molecule has 100 valence electrons. The topological polar surface area (TPSA) is 49.3 Å². The molecule has 0 bridgehead atoms. The van der Waals surface area contributed by atoms with Crippen molar-refractivity contribution in [3.8, 4) is 0 Å². The van der Waals surface area contributed by atoms with Crippen LogP contribution >= 0.6 is 15.9 Å². The molecule has 4 heteroatoms. The molecular weight excluding hydrogens is 294 g/mol. The lowest BCUT2D eigenvalue weighted by molar-refractivity contribution is 0.0941. The molecule has 1 amide bonds. The Bertz CT molecular complexity index is 432. The predicted octanol–water partition coefficient (Wildman–Crippen LogP) is 2.96. The quantitative estimate of drug-likeness (QED) is 0.878. The zero-order chi connectivity index (χ0) is 13.7. The highest BCUT2D eigenvalue weighted by molar-refractivity contribution is 9.10. The third kappa shape index (κ3) is 4.10. The van der Waals surface area contributed by atoms with Crippen LogP contribution in [0.2, 0.25) is 0 Å². The third-order valence-corrected chi connectivity index (χ3v) is 3.84. The summed E-state index contributed by atoms with van der Waals surface area (Å²) in [5.41, 5.74) is 2.68. The first-order valence-electron chi connectivity index (χ1n) is 6.18. The van der Waals surface area contributed by atoms with Crippen LogP contribution in [-0.4, -0.2) is 23.7 Å². The van der Waals surface area contributed by atoms with E-state index in [2.05, 4.69) is 21.2 Å². The van der Waals surface area contributed by atoms with Gasteiger partial charge in [-0.05, 0) is 49.9 Å². The Morgan fingerprint density at radius 1 is 1.39 bits per heavy atom. The summed E-state index contributed by atoms with van der Waals surface area (Å²) in [6, 6.07) is 3.83. The molecule has 0 aliphatic rings. The van der Waals surface area contributed by atoms with Crippen LogP contribution in [0.4, 0.5) is 0 Å². The summed E-state index contributed by atoms with van der Waals surface area (Å²) < 4.78 is 1.01. The number of hydrogen-bond acceptors (Lipinski definition) is 2. The second-order valence-corrected chi connectivity index (χ2v) is 5.38. The van der Waals surface area contributed by atoms with Crippen LogP contribution < -0.4 is 5.32 Å². The van der Waals surface area contributed by atoms with Crippen molar-refractivity contribution < 1.29 is 9.90 Å². The summed E-state index contributed by atoms with van der Waals surface area (Å²) in [7, 11) is 0. The van der Waals surface area contributed by atoms with E-state index in [1.165, 1.54) is 0 Å². The van der Waals surface area contributed by atoms with E-state index in [1.807, 2.05) is 32.9 Å². The van der Waals surface area contributed by atoms with Gasteiger partial charge in [-0.15, -0.1) is 0 Å². The van der Waals surface area contributed by atoms with Crippen molar-refractivity contribution in [3.05, 3.63) is 33.3 Å². The Hall–Kier alpha value is -0.870. The minimum atomic E-state index is -0.335. The molecule has 2 N–H and O–H groups in total. The number of carbonyl (C=O) groups is 1. The fourth-order valence-corrected chi connectivity index (χ4v) is 2.14. The van der Waals surface area contributed by atoms with Gasteiger partial charge in [-0.3, -0.25) is 4.79 Å². The number of aliphatic hydroxyl groups excluding tert-OH is 1. The first kappa shape index (κ1) is 15.2. The van der Waals surface area contributed by atoms with Crippen molar-refractivity contribution in [2.24, 2.45) is 0 Å². The predicted molar refractivity (Wildman–Crippen MR) is 76.9 cm³/mol. The molecular formula is C14H20BrNO2. The molecule has 18 heavy (non-hydrogen) atoms. The number of nitrogens with one attached hydrogen (secondary N) is 1. The summed E-state index contributed by atoms with van der Waals surface area (Å²) in [4.78, 5) is 12.0. The zero-order valence-electron chi connectivity index (χ0n) is 11.1. The summed E-state index contributed by atoms with van der Waals surface area (Å²) in [6.07, 6.45) is 0.973. The van der Waals surface area contributed by atoms with E-state index in [4.69, 9.17) is 0 Å². The highest BCUT2D eigenvalue weighted by atomic mass is 79.9. The number of aliphatic hydroxyl groups is 1. The fraction of sp³-hybridized carbons (Fsp3) is 0.500. The summed E-state index contributed by atoms with van der Waals surface area (Å²) in [5.74, 6) is -0.0774. The summed E-state index contributed by atoms with van der Waals surface area (Å²) >= 11 is 3.45. The number of carbonyl (C=O) groups excluding carboxylic acids is 1. The molecule has 1 rings (SSSR count). The molecule has 0 saturated carbocycles. The van der Waals surface area contributed by atoms with E-state index < -0.39 is 0 Å². The second kappa shape index (κ2) is 6.90. The SMILES string of the molecule is CCC(O)CCNC(=O)c1cc(C)c(Br)cc1C. The maximum absolute atomic E-state index is 12.0. The molecule has 0 aliphatic carbocycles. The van der Waals surface area contributed by atoms with Crippen molar-refractivity contribution >= 4 is 21.8 Å². The summed E-state index contributed by atoms with van der Waals surface area (Å²) in [5, 5.41) is 12.3. The number of rotatable bonds is 5. The fourth-order valence-electron chi connectivity index (χ4n) is 1.68.